The third-order valence-corrected chi connectivity index (χ3v) is 4.97. The first-order chi connectivity index (χ1) is 15.1. The Morgan fingerprint density at radius 3 is 2.41 bits per heavy atom. The molecular formula is C24H23ClFN5O. The summed E-state index contributed by atoms with van der Waals surface area (Å²) in [5.41, 5.74) is 4.38. The molecule has 8 heteroatoms. The third kappa shape index (κ3) is 5.82. The van der Waals surface area contributed by atoms with Gasteiger partial charge in [-0.25, -0.2) is 19.3 Å². The van der Waals surface area contributed by atoms with E-state index in [0.717, 1.165) is 28.2 Å². The van der Waals surface area contributed by atoms with Gasteiger partial charge < -0.3 is 4.74 Å². The summed E-state index contributed by atoms with van der Waals surface area (Å²) in [6.07, 6.45) is 7.95. The first-order valence-corrected chi connectivity index (χ1v) is 9.98. The zero-order chi connectivity index (χ0) is 21.6. The molecule has 6 nitrogen and oxygen atoms in total. The summed E-state index contributed by atoms with van der Waals surface area (Å²) in [6.45, 7) is 2.08. The number of ether oxygens (including phenoxy) is 1. The minimum absolute atomic E-state index is 0. The molecule has 0 spiro atoms. The molecule has 32 heavy (non-hydrogen) atoms. The van der Waals surface area contributed by atoms with Crippen molar-refractivity contribution in [2.75, 3.05) is 7.11 Å². The van der Waals surface area contributed by atoms with Crippen molar-refractivity contribution < 1.29 is 9.13 Å². The maximum atomic E-state index is 13.3. The van der Waals surface area contributed by atoms with Crippen molar-refractivity contribution in [3.8, 4) is 17.1 Å². The molecule has 0 fully saturated rings. The Bertz CT molecular complexity index is 1140. The average Bonchev–Trinajstić information content (AvgIpc) is 2.80. The predicted octanol–water partition coefficient (Wildman–Crippen LogP) is 4.84. The van der Waals surface area contributed by atoms with Crippen molar-refractivity contribution in [1.82, 2.24) is 24.9 Å². The van der Waals surface area contributed by atoms with Crippen LogP contribution >= 0.6 is 12.4 Å². The highest BCUT2D eigenvalue weighted by atomic mass is 35.5. The summed E-state index contributed by atoms with van der Waals surface area (Å²) in [5.74, 6) is 1.15. The second-order valence-electron chi connectivity index (χ2n) is 7.28. The van der Waals surface area contributed by atoms with Crippen molar-refractivity contribution in [1.29, 1.82) is 0 Å². The van der Waals surface area contributed by atoms with E-state index in [0.29, 0.717) is 24.5 Å². The minimum Gasteiger partial charge on any atom is -0.481 e. The summed E-state index contributed by atoms with van der Waals surface area (Å²) in [4.78, 5) is 22.3. The van der Waals surface area contributed by atoms with Crippen LogP contribution in [0.5, 0.6) is 5.88 Å². The van der Waals surface area contributed by atoms with Crippen LogP contribution in [-0.4, -0.2) is 32.0 Å². The average molecular weight is 452 g/mol. The zero-order valence-electron chi connectivity index (χ0n) is 17.8. The van der Waals surface area contributed by atoms with Gasteiger partial charge in [-0.2, -0.15) is 0 Å². The van der Waals surface area contributed by atoms with Crippen molar-refractivity contribution in [2.45, 2.75) is 25.7 Å². The van der Waals surface area contributed by atoms with Gasteiger partial charge in [0, 0.05) is 49.3 Å². The highest BCUT2D eigenvalue weighted by Gasteiger charge is 2.13. The van der Waals surface area contributed by atoms with Crippen molar-refractivity contribution in [2.24, 2.45) is 0 Å². The van der Waals surface area contributed by atoms with Crippen LogP contribution in [-0.2, 0) is 12.8 Å². The number of nitrogens with zero attached hydrogens (tertiary/aromatic N) is 5. The fourth-order valence-electron chi connectivity index (χ4n) is 3.32. The molecule has 4 rings (SSSR count). The van der Waals surface area contributed by atoms with Gasteiger partial charge in [-0.15, -0.1) is 12.4 Å². The second kappa shape index (κ2) is 10.7. The number of pyridine rings is 1. The van der Waals surface area contributed by atoms with Gasteiger partial charge in [-0.1, -0.05) is 19.1 Å². The van der Waals surface area contributed by atoms with E-state index in [1.54, 1.807) is 50.1 Å². The molecule has 0 aliphatic heterocycles. The van der Waals surface area contributed by atoms with E-state index in [1.807, 2.05) is 12.1 Å². The highest BCUT2D eigenvalue weighted by Crippen LogP contribution is 2.24. The number of aromatic nitrogens is 5. The fourth-order valence-corrected chi connectivity index (χ4v) is 3.32. The monoisotopic (exact) mass is 451 g/mol. The molecule has 3 heterocycles. The predicted molar refractivity (Wildman–Crippen MR) is 122 cm³/mol. The van der Waals surface area contributed by atoms with Gasteiger partial charge in [0.2, 0.25) is 5.88 Å². The Kier molecular flexibility index (Phi) is 7.78. The molecule has 1 atom stereocenters. The SMILES string of the molecule is COc1ccc(-c2cc(Cc3cnccn3)nc(C[C@@H](C)c3ccc(F)cc3)n2)cn1.Cl. The summed E-state index contributed by atoms with van der Waals surface area (Å²) in [7, 11) is 1.58. The highest BCUT2D eigenvalue weighted by molar-refractivity contribution is 5.85. The lowest BCUT2D eigenvalue weighted by Crippen LogP contribution is -2.07. The van der Waals surface area contributed by atoms with Gasteiger partial charge >= 0.3 is 0 Å². The smallest absolute Gasteiger partial charge is 0.212 e. The number of methoxy groups -OCH3 is 1. The van der Waals surface area contributed by atoms with Gasteiger partial charge in [-0.05, 0) is 35.7 Å². The standard InChI is InChI=1S/C24H22FN5O.ClH/c1-16(17-3-6-19(25)7-4-17)11-23-29-20(12-21-15-26-9-10-27-21)13-22(30-23)18-5-8-24(31-2)28-14-18;/h3-10,13-16H,11-12H2,1-2H3;1H/t16-;/m1./s1. The van der Waals surface area contributed by atoms with E-state index in [4.69, 9.17) is 14.7 Å². The molecular weight excluding hydrogens is 429 g/mol. The lowest BCUT2D eigenvalue weighted by molar-refractivity contribution is 0.398. The maximum absolute atomic E-state index is 13.3. The van der Waals surface area contributed by atoms with Crippen LogP contribution in [0.3, 0.4) is 0 Å². The molecule has 0 radical (unpaired) electrons. The van der Waals surface area contributed by atoms with Gasteiger partial charge in [0.15, 0.2) is 0 Å². The van der Waals surface area contributed by atoms with Crippen LogP contribution in [0.2, 0.25) is 0 Å². The van der Waals surface area contributed by atoms with Crippen LogP contribution in [0, 0.1) is 5.82 Å². The zero-order valence-corrected chi connectivity index (χ0v) is 18.6. The van der Waals surface area contributed by atoms with Crippen molar-refractivity contribution >= 4 is 12.4 Å². The lowest BCUT2D eigenvalue weighted by Gasteiger charge is -2.13. The molecule has 0 bridgehead atoms. The maximum Gasteiger partial charge on any atom is 0.212 e. The summed E-state index contributed by atoms with van der Waals surface area (Å²) in [5, 5.41) is 0. The Balaban J connectivity index is 0.00000289. The fraction of sp³-hybridized carbons (Fsp3) is 0.208. The summed E-state index contributed by atoms with van der Waals surface area (Å²) in [6, 6.07) is 12.2. The van der Waals surface area contributed by atoms with Crippen LogP contribution in [0.25, 0.3) is 11.3 Å². The molecule has 0 aliphatic rings. The number of rotatable bonds is 7. The summed E-state index contributed by atoms with van der Waals surface area (Å²) >= 11 is 0. The van der Waals surface area contributed by atoms with Crippen LogP contribution < -0.4 is 4.74 Å². The van der Waals surface area contributed by atoms with Crippen LogP contribution in [0.1, 0.15) is 35.6 Å². The minimum atomic E-state index is -0.243. The van der Waals surface area contributed by atoms with Crippen molar-refractivity contribution in [3.05, 3.63) is 95.8 Å². The van der Waals surface area contributed by atoms with Gasteiger partial charge in [0.25, 0.3) is 0 Å². The Morgan fingerprint density at radius 2 is 1.75 bits per heavy atom. The summed E-state index contributed by atoms with van der Waals surface area (Å²) < 4.78 is 18.4. The van der Waals surface area contributed by atoms with Gasteiger partial charge in [0.1, 0.15) is 11.6 Å². The first-order valence-electron chi connectivity index (χ1n) is 9.98. The molecule has 1 aromatic carbocycles. The number of benzene rings is 1. The molecule has 0 aliphatic carbocycles. The molecule has 3 aromatic heterocycles. The van der Waals surface area contributed by atoms with Crippen LogP contribution in [0.15, 0.2) is 67.3 Å². The van der Waals surface area contributed by atoms with E-state index < -0.39 is 0 Å². The number of hydrogen-bond donors (Lipinski definition) is 0. The molecule has 0 N–H and O–H groups in total. The molecule has 0 saturated carbocycles. The van der Waals surface area contributed by atoms with Crippen LogP contribution in [0.4, 0.5) is 4.39 Å². The molecule has 0 saturated heterocycles. The topological polar surface area (TPSA) is 73.7 Å². The normalized spacial score (nSPS) is 11.5. The molecule has 0 unspecified atom stereocenters. The Hall–Kier alpha value is -3.45. The number of hydrogen-bond acceptors (Lipinski definition) is 6. The Labute approximate surface area is 192 Å². The van der Waals surface area contributed by atoms with E-state index in [-0.39, 0.29) is 24.1 Å². The molecule has 164 valence electrons. The van der Waals surface area contributed by atoms with E-state index >= 15 is 0 Å². The third-order valence-electron chi connectivity index (χ3n) is 4.97. The van der Waals surface area contributed by atoms with E-state index in [1.165, 1.54) is 12.1 Å². The molecule has 0 amide bonds. The lowest BCUT2D eigenvalue weighted by atomic mass is 9.97. The van der Waals surface area contributed by atoms with E-state index in [9.17, 15) is 4.39 Å². The van der Waals surface area contributed by atoms with Gasteiger partial charge in [-0.3, -0.25) is 9.97 Å². The second-order valence-corrected chi connectivity index (χ2v) is 7.28. The number of halogens is 2. The van der Waals surface area contributed by atoms with E-state index in [2.05, 4.69) is 21.9 Å². The van der Waals surface area contributed by atoms with Gasteiger partial charge in [0.05, 0.1) is 24.2 Å². The molecule has 4 aromatic rings. The first kappa shape index (κ1) is 23.2. The largest absolute Gasteiger partial charge is 0.481 e. The van der Waals surface area contributed by atoms with Crippen molar-refractivity contribution in [3.63, 3.8) is 0 Å². The quantitative estimate of drug-likeness (QED) is 0.400. The Morgan fingerprint density at radius 1 is 0.938 bits per heavy atom.